The van der Waals surface area contributed by atoms with Gasteiger partial charge in [-0.1, -0.05) is 18.7 Å². The predicted octanol–water partition coefficient (Wildman–Crippen LogP) is 3.70. The summed E-state index contributed by atoms with van der Waals surface area (Å²) < 4.78 is 0. The van der Waals surface area contributed by atoms with Crippen molar-refractivity contribution in [2.45, 2.75) is 19.8 Å². The van der Waals surface area contributed by atoms with Crippen LogP contribution in [0.25, 0.3) is 16.6 Å². The Morgan fingerprint density at radius 1 is 1.35 bits per heavy atom. The fourth-order valence-corrected chi connectivity index (χ4v) is 2.80. The molecule has 118 valence electrons. The molecular weight excluding hydrogens is 286 g/mol. The molecule has 1 aliphatic rings. The van der Waals surface area contributed by atoms with Gasteiger partial charge >= 0.3 is 0 Å². The monoisotopic (exact) mass is 307 g/mol. The second-order valence-corrected chi connectivity index (χ2v) is 5.81. The van der Waals surface area contributed by atoms with Gasteiger partial charge in [0.25, 0.3) is 5.91 Å². The molecule has 4 nitrogen and oxygen atoms in total. The summed E-state index contributed by atoms with van der Waals surface area (Å²) in [6.07, 6.45) is 11.4. The number of H-pyrrole nitrogens is 1. The first-order chi connectivity index (χ1) is 11.2. The first-order valence-corrected chi connectivity index (χ1v) is 7.93. The minimum Gasteiger partial charge on any atom is -0.346 e. The Morgan fingerprint density at radius 2 is 2.13 bits per heavy atom. The zero-order valence-corrected chi connectivity index (χ0v) is 13.4. The van der Waals surface area contributed by atoms with Crippen LogP contribution in [-0.2, 0) is 4.79 Å². The molecule has 0 bridgehead atoms. The first-order valence-electron chi connectivity index (χ1n) is 7.93. The number of aromatic nitrogens is 2. The number of amides is 1. The summed E-state index contributed by atoms with van der Waals surface area (Å²) in [4.78, 5) is 21.8. The van der Waals surface area contributed by atoms with Crippen LogP contribution < -0.4 is 0 Å². The Kier molecular flexibility index (Phi) is 4.42. The third-order valence-electron chi connectivity index (χ3n) is 4.23. The van der Waals surface area contributed by atoms with Gasteiger partial charge in [0.05, 0.1) is 0 Å². The average Bonchev–Trinajstić information content (AvgIpc) is 3.25. The van der Waals surface area contributed by atoms with Gasteiger partial charge in [-0.3, -0.25) is 4.79 Å². The number of pyridine rings is 1. The maximum absolute atomic E-state index is 12.4. The quantitative estimate of drug-likeness (QED) is 0.691. The van der Waals surface area contributed by atoms with E-state index in [-0.39, 0.29) is 5.91 Å². The molecule has 0 saturated carbocycles. The number of fused-ring (bicyclic) bond motifs is 1. The van der Waals surface area contributed by atoms with Crippen LogP contribution in [-0.4, -0.2) is 33.9 Å². The van der Waals surface area contributed by atoms with Crippen molar-refractivity contribution in [3.63, 3.8) is 0 Å². The standard InChI is InChI=1S/C19H21N3O/c1-3-15(19(23)22-10-4-5-11-22)7-6-14(2)17-12-16-8-9-20-18(16)21-13-17/h3,6-9,12-13H,1,4-5,10-11H2,2H3,(H,20,21)/b14-6+,15-7+. The van der Waals surface area contributed by atoms with Crippen LogP contribution >= 0.6 is 0 Å². The molecule has 3 rings (SSSR count). The molecule has 0 aliphatic carbocycles. The van der Waals surface area contributed by atoms with E-state index in [0.717, 1.165) is 48.1 Å². The Hall–Kier alpha value is -2.62. The van der Waals surface area contributed by atoms with Gasteiger partial charge in [-0.15, -0.1) is 0 Å². The van der Waals surface area contributed by atoms with Crippen molar-refractivity contribution < 1.29 is 4.79 Å². The third-order valence-corrected chi connectivity index (χ3v) is 4.23. The highest BCUT2D eigenvalue weighted by Crippen LogP contribution is 2.19. The SMILES string of the molecule is C=C/C(=C\C=C(/C)c1cnc2[nH]ccc2c1)C(=O)N1CCCC1. The maximum Gasteiger partial charge on any atom is 0.253 e. The number of hydrogen-bond donors (Lipinski definition) is 1. The number of rotatable bonds is 4. The van der Waals surface area contributed by atoms with Crippen molar-refractivity contribution in [2.75, 3.05) is 13.1 Å². The number of carbonyl (C=O) groups is 1. The topological polar surface area (TPSA) is 49.0 Å². The van der Waals surface area contributed by atoms with E-state index in [9.17, 15) is 4.79 Å². The van der Waals surface area contributed by atoms with Gasteiger partial charge in [-0.05, 0) is 49.1 Å². The molecule has 2 aromatic rings. The van der Waals surface area contributed by atoms with Crippen molar-refractivity contribution in [2.24, 2.45) is 0 Å². The number of carbonyl (C=O) groups excluding carboxylic acids is 1. The smallest absolute Gasteiger partial charge is 0.253 e. The van der Waals surface area contributed by atoms with Crippen LogP contribution in [0.15, 0.2) is 54.9 Å². The van der Waals surface area contributed by atoms with E-state index in [0.29, 0.717) is 5.57 Å². The van der Waals surface area contributed by atoms with Gasteiger partial charge in [0.15, 0.2) is 0 Å². The number of aromatic amines is 1. The Morgan fingerprint density at radius 3 is 2.87 bits per heavy atom. The summed E-state index contributed by atoms with van der Waals surface area (Å²) in [5.74, 6) is 0.0701. The number of hydrogen-bond acceptors (Lipinski definition) is 2. The van der Waals surface area contributed by atoms with Crippen molar-refractivity contribution in [3.05, 3.63) is 60.5 Å². The predicted molar refractivity (Wildman–Crippen MR) is 93.8 cm³/mol. The van der Waals surface area contributed by atoms with E-state index in [1.54, 1.807) is 6.08 Å². The zero-order valence-electron chi connectivity index (χ0n) is 13.4. The fraction of sp³-hybridized carbons (Fsp3) is 0.263. The highest BCUT2D eigenvalue weighted by Gasteiger charge is 2.19. The highest BCUT2D eigenvalue weighted by molar-refractivity contribution is 5.96. The number of nitrogens with one attached hydrogen (secondary N) is 1. The lowest BCUT2D eigenvalue weighted by atomic mass is 10.1. The van der Waals surface area contributed by atoms with Crippen molar-refractivity contribution in [1.29, 1.82) is 0 Å². The third kappa shape index (κ3) is 3.26. The minimum absolute atomic E-state index is 0.0701. The number of likely N-dealkylation sites (tertiary alicyclic amines) is 1. The van der Waals surface area contributed by atoms with Gasteiger partial charge in [-0.2, -0.15) is 0 Å². The molecule has 23 heavy (non-hydrogen) atoms. The summed E-state index contributed by atoms with van der Waals surface area (Å²) >= 11 is 0. The molecule has 0 aromatic carbocycles. The molecule has 1 amide bonds. The number of nitrogens with zero attached hydrogens (tertiary/aromatic N) is 2. The van der Waals surface area contributed by atoms with Gasteiger partial charge < -0.3 is 9.88 Å². The van der Waals surface area contributed by atoms with Crippen molar-refractivity contribution in [1.82, 2.24) is 14.9 Å². The Balaban J connectivity index is 1.82. The minimum atomic E-state index is 0.0701. The molecule has 0 radical (unpaired) electrons. The van der Waals surface area contributed by atoms with Gasteiger partial charge in [0, 0.05) is 36.4 Å². The van der Waals surface area contributed by atoms with Crippen LogP contribution in [0.2, 0.25) is 0 Å². The lowest BCUT2D eigenvalue weighted by molar-refractivity contribution is -0.125. The van der Waals surface area contributed by atoms with E-state index in [2.05, 4.69) is 22.6 Å². The maximum atomic E-state index is 12.4. The summed E-state index contributed by atoms with van der Waals surface area (Å²) in [6, 6.07) is 4.09. The van der Waals surface area contributed by atoms with Crippen LogP contribution in [0.1, 0.15) is 25.3 Å². The summed E-state index contributed by atoms with van der Waals surface area (Å²) in [5.41, 5.74) is 3.63. The van der Waals surface area contributed by atoms with Gasteiger partial charge in [-0.25, -0.2) is 4.98 Å². The summed E-state index contributed by atoms with van der Waals surface area (Å²) in [7, 11) is 0. The van der Waals surface area contributed by atoms with E-state index >= 15 is 0 Å². The van der Waals surface area contributed by atoms with E-state index in [1.165, 1.54) is 0 Å². The molecule has 1 saturated heterocycles. The van der Waals surface area contributed by atoms with Crippen LogP contribution in [0.3, 0.4) is 0 Å². The highest BCUT2D eigenvalue weighted by atomic mass is 16.2. The molecule has 4 heteroatoms. The number of allylic oxidation sites excluding steroid dienone is 3. The van der Waals surface area contributed by atoms with E-state index in [1.807, 2.05) is 42.4 Å². The first kappa shape index (κ1) is 15.3. The fourth-order valence-electron chi connectivity index (χ4n) is 2.80. The molecule has 0 spiro atoms. The van der Waals surface area contributed by atoms with Crippen LogP contribution in [0.5, 0.6) is 0 Å². The molecule has 3 heterocycles. The van der Waals surface area contributed by atoms with Crippen LogP contribution in [0, 0.1) is 0 Å². The van der Waals surface area contributed by atoms with Crippen molar-refractivity contribution in [3.8, 4) is 0 Å². The van der Waals surface area contributed by atoms with E-state index in [4.69, 9.17) is 0 Å². The van der Waals surface area contributed by atoms with Gasteiger partial charge in [0.1, 0.15) is 5.65 Å². The molecule has 0 atom stereocenters. The lowest BCUT2D eigenvalue weighted by Gasteiger charge is -2.15. The molecular formula is C19H21N3O. The molecule has 2 aromatic heterocycles. The Bertz CT molecular complexity index is 792. The normalized spacial score (nSPS) is 16.1. The largest absolute Gasteiger partial charge is 0.346 e. The van der Waals surface area contributed by atoms with Gasteiger partial charge in [0.2, 0.25) is 0 Å². The molecule has 1 aliphatic heterocycles. The van der Waals surface area contributed by atoms with E-state index < -0.39 is 0 Å². The lowest BCUT2D eigenvalue weighted by Crippen LogP contribution is -2.28. The molecule has 1 N–H and O–H groups in total. The summed E-state index contributed by atoms with van der Waals surface area (Å²) in [6.45, 7) is 7.49. The summed E-state index contributed by atoms with van der Waals surface area (Å²) in [5, 5.41) is 1.08. The molecule has 1 fully saturated rings. The average molecular weight is 307 g/mol. The molecule has 0 unspecified atom stereocenters. The second kappa shape index (κ2) is 6.65. The van der Waals surface area contributed by atoms with Crippen molar-refractivity contribution >= 4 is 22.5 Å². The zero-order chi connectivity index (χ0) is 16.2. The Labute approximate surface area is 136 Å². The second-order valence-electron chi connectivity index (χ2n) is 5.81. The van der Waals surface area contributed by atoms with Crippen LogP contribution in [0.4, 0.5) is 0 Å².